The minimum absolute atomic E-state index is 0.160. The standard InChI is InChI=1S/C19H20N2O3/c1-24-17-10-8-16(9-11-17)21-19(23)13-14-20-18(22)12-7-15-5-3-2-4-6-15/h2-12H,13-14H2,1H3,(H,20,22)(H,21,23)/b12-7+. The summed E-state index contributed by atoms with van der Waals surface area (Å²) < 4.78 is 5.05. The second-order valence-electron chi connectivity index (χ2n) is 5.06. The number of hydrogen-bond acceptors (Lipinski definition) is 3. The summed E-state index contributed by atoms with van der Waals surface area (Å²) in [5, 5.41) is 5.44. The molecule has 0 aliphatic carbocycles. The lowest BCUT2D eigenvalue weighted by Gasteiger charge is -2.06. The first-order valence-corrected chi connectivity index (χ1v) is 7.62. The molecule has 5 nitrogen and oxygen atoms in total. The van der Waals surface area contributed by atoms with E-state index in [-0.39, 0.29) is 24.8 Å². The van der Waals surface area contributed by atoms with Gasteiger partial charge >= 0.3 is 0 Å². The predicted molar refractivity (Wildman–Crippen MR) is 94.7 cm³/mol. The maximum absolute atomic E-state index is 11.8. The highest BCUT2D eigenvalue weighted by Crippen LogP contribution is 2.14. The molecule has 0 heterocycles. The zero-order valence-electron chi connectivity index (χ0n) is 13.5. The zero-order chi connectivity index (χ0) is 17.2. The van der Waals surface area contributed by atoms with Gasteiger partial charge in [-0.15, -0.1) is 0 Å². The van der Waals surface area contributed by atoms with E-state index in [9.17, 15) is 9.59 Å². The van der Waals surface area contributed by atoms with Crippen molar-refractivity contribution in [3.8, 4) is 5.75 Å². The summed E-state index contributed by atoms with van der Waals surface area (Å²) >= 11 is 0. The molecule has 124 valence electrons. The number of amides is 2. The third kappa shape index (κ3) is 5.96. The quantitative estimate of drug-likeness (QED) is 0.770. The molecule has 0 saturated heterocycles. The van der Waals surface area contributed by atoms with E-state index in [1.165, 1.54) is 6.08 Å². The van der Waals surface area contributed by atoms with Crippen molar-refractivity contribution < 1.29 is 14.3 Å². The van der Waals surface area contributed by atoms with E-state index in [4.69, 9.17) is 4.74 Å². The lowest BCUT2D eigenvalue weighted by atomic mass is 10.2. The topological polar surface area (TPSA) is 67.4 Å². The molecule has 0 spiro atoms. The summed E-state index contributed by atoms with van der Waals surface area (Å²) in [6, 6.07) is 16.6. The minimum Gasteiger partial charge on any atom is -0.497 e. The Morgan fingerprint density at radius 1 is 1.04 bits per heavy atom. The van der Waals surface area contributed by atoms with Crippen molar-refractivity contribution in [3.63, 3.8) is 0 Å². The molecule has 5 heteroatoms. The van der Waals surface area contributed by atoms with Crippen LogP contribution in [-0.2, 0) is 9.59 Å². The monoisotopic (exact) mass is 324 g/mol. The molecule has 2 N–H and O–H groups in total. The Morgan fingerprint density at radius 3 is 2.42 bits per heavy atom. The molecule has 2 aromatic carbocycles. The van der Waals surface area contributed by atoms with E-state index < -0.39 is 0 Å². The van der Waals surface area contributed by atoms with Gasteiger partial charge in [-0.2, -0.15) is 0 Å². The Hall–Kier alpha value is -3.08. The van der Waals surface area contributed by atoms with Crippen LogP contribution in [0.25, 0.3) is 6.08 Å². The summed E-state index contributed by atoms with van der Waals surface area (Å²) in [7, 11) is 1.59. The number of ether oxygens (including phenoxy) is 1. The molecule has 0 aromatic heterocycles. The maximum Gasteiger partial charge on any atom is 0.244 e. The van der Waals surface area contributed by atoms with Gasteiger partial charge in [0.05, 0.1) is 7.11 Å². The fourth-order valence-electron chi connectivity index (χ4n) is 1.99. The highest BCUT2D eigenvalue weighted by molar-refractivity contribution is 5.93. The van der Waals surface area contributed by atoms with E-state index >= 15 is 0 Å². The van der Waals surface area contributed by atoms with Gasteiger partial charge in [0, 0.05) is 24.7 Å². The maximum atomic E-state index is 11.8. The van der Waals surface area contributed by atoms with Crippen LogP contribution >= 0.6 is 0 Å². The molecular formula is C19H20N2O3. The van der Waals surface area contributed by atoms with Crippen molar-refractivity contribution in [1.82, 2.24) is 5.32 Å². The number of hydrogen-bond donors (Lipinski definition) is 2. The van der Waals surface area contributed by atoms with Crippen LogP contribution in [0.2, 0.25) is 0 Å². The number of carbonyl (C=O) groups excluding carboxylic acids is 2. The normalized spacial score (nSPS) is 10.4. The second-order valence-corrected chi connectivity index (χ2v) is 5.06. The number of carbonyl (C=O) groups is 2. The highest BCUT2D eigenvalue weighted by atomic mass is 16.5. The number of methoxy groups -OCH3 is 1. The van der Waals surface area contributed by atoms with Crippen molar-refractivity contribution in [3.05, 3.63) is 66.2 Å². The summed E-state index contributed by atoms with van der Waals surface area (Å²) in [5.41, 5.74) is 1.64. The fraction of sp³-hybridized carbons (Fsp3) is 0.158. The molecule has 2 amide bonds. The first-order chi connectivity index (χ1) is 11.7. The van der Waals surface area contributed by atoms with E-state index in [1.807, 2.05) is 30.3 Å². The Kier molecular flexibility index (Phi) is 6.58. The van der Waals surface area contributed by atoms with Crippen molar-refractivity contribution in [1.29, 1.82) is 0 Å². The van der Waals surface area contributed by atoms with Crippen LogP contribution in [0.3, 0.4) is 0 Å². The van der Waals surface area contributed by atoms with Crippen LogP contribution in [0.1, 0.15) is 12.0 Å². The van der Waals surface area contributed by atoms with Gasteiger partial charge in [0.15, 0.2) is 0 Å². The molecule has 2 aromatic rings. The second kappa shape index (κ2) is 9.15. The van der Waals surface area contributed by atoms with Crippen molar-refractivity contribution in [2.24, 2.45) is 0 Å². The molecule has 0 atom stereocenters. The Balaban J connectivity index is 1.70. The number of anilines is 1. The zero-order valence-corrected chi connectivity index (χ0v) is 13.5. The molecule has 0 aliphatic heterocycles. The predicted octanol–water partition coefficient (Wildman–Crippen LogP) is 2.85. The van der Waals surface area contributed by atoms with Crippen LogP contribution in [0.5, 0.6) is 5.75 Å². The van der Waals surface area contributed by atoms with Crippen LogP contribution in [0.15, 0.2) is 60.7 Å². The molecular weight excluding hydrogens is 304 g/mol. The highest BCUT2D eigenvalue weighted by Gasteiger charge is 2.03. The van der Waals surface area contributed by atoms with Gasteiger partial charge in [-0.25, -0.2) is 0 Å². The average molecular weight is 324 g/mol. The largest absolute Gasteiger partial charge is 0.497 e. The van der Waals surface area contributed by atoms with E-state index in [0.717, 1.165) is 11.3 Å². The summed E-state index contributed by atoms with van der Waals surface area (Å²) in [4.78, 5) is 23.5. The fourth-order valence-corrected chi connectivity index (χ4v) is 1.99. The molecule has 0 bridgehead atoms. The lowest BCUT2D eigenvalue weighted by Crippen LogP contribution is -2.26. The van der Waals surface area contributed by atoms with Crippen molar-refractivity contribution in [2.75, 3.05) is 19.0 Å². The Bertz CT molecular complexity index is 694. The third-order valence-corrected chi connectivity index (χ3v) is 3.25. The van der Waals surface area contributed by atoms with Crippen molar-refractivity contribution >= 4 is 23.6 Å². The van der Waals surface area contributed by atoms with Gasteiger partial charge in [-0.1, -0.05) is 30.3 Å². The summed E-state index contributed by atoms with van der Waals surface area (Å²) in [6.07, 6.45) is 3.39. The summed E-state index contributed by atoms with van der Waals surface area (Å²) in [6.45, 7) is 0.278. The van der Waals surface area contributed by atoms with E-state index in [2.05, 4.69) is 10.6 Å². The molecule has 0 radical (unpaired) electrons. The SMILES string of the molecule is COc1ccc(NC(=O)CCNC(=O)/C=C/c2ccccc2)cc1. The van der Waals surface area contributed by atoms with Crippen LogP contribution in [0, 0.1) is 0 Å². The smallest absolute Gasteiger partial charge is 0.244 e. The minimum atomic E-state index is -0.226. The number of rotatable bonds is 7. The first kappa shape index (κ1) is 17.3. The molecule has 2 rings (SSSR count). The van der Waals surface area contributed by atoms with Crippen LogP contribution in [0.4, 0.5) is 5.69 Å². The number of benzene rings is 2. The Labute approximate surface area is 141 Å². The Morgan fingerprint density at radius 2 is 1.75 bits per heavy atom. The molecule has 0 aliphatic rings. The third-order valence-electron chi connectivity index (χ3n) is 3.25. The van der Waals surface area contributed by atoms with E-state index in [1.54, 1.807) is 37.5 Å². The lowest BCUT2D eigenvalue weighted by molar-refractivity contribution is -0.117. The average Bonchev–Trinajstić information content (AvgIpc) is 2.61. The van der Waals surface area contributed by atoms with E-state index in [0.29, 0.717) is 5.69 Å². The van der Waals surface area contributed by atoms with Gasteiger partial charge in [0.25, 0.3) is 0 Å². The van der Waals surface area contributed by atoms with Gasteiger partial charge in [0.2, 0.25) is 11.8 Å². The summed E-state index contributed by atoms with van der Waals surface area (Å²) in [5.74, 6) is 0.342. The van der Waals surface area contributed by atoms with Gasteiger partial charge in [-0.3, -0.25) is 9.59 Å². The van der Waals surface area contributed by atoms with Crippen LogP contribution < -0.4 is 15.4 Å². The van der Waals surface area contributed by atoms with Crippen LogP contribution in [-0.4, -0.2) is 25.5 Å². The van der Waals surface area contributed by atoms with Gasteiger partial charge < -0.3 is 15.4 Å². The molecule has 0 unspecified atom stereocenters. The van der Waals surface area contributed by atoms with Gasteiger partial charge in [-0.05, 0) is 35.9 Å². The van der Waals surface area contributed by atoms with Crippen molar-refractivity contribution in [2.45, 2.75) is 6.42 Å². The molecule has 0 fully saturated rings. The molecule has 0 saturated carbocycles. The first-order valence-electron chi connectivity index (χ1n) is 7.62. The van der Waals surface area contributed by atoms with Gasteiger partial charge in [0.1, 0.15) is 5.75 Å². The number of nitrogens with one attached hydrogen (secondary N) is 2. The molecule has 24 heavy (non-hydrogen) atoms.